The zero-order valence-corrected chi connectivity index (χ0v) is 16.2. The van der Waals surface area contributed by atoms with Gasteiger partial charge in [-0.25, -0.2) is 4.79 Å². The van der Waals surface area contributed by atoms with Crippen molar-refractivity contribution in [3.63, 3.8) is 0 Å². The molecule has 4 N–H and O–H groups in total. The Labute approximate surface area is 159 Å². The number of rotatable bonds is 5. The van der Waals surface area contributed by atoms with Gasteiger partial charge in [-0.2, -0.15) is 4.79 Å². The van der Waals surface area contributed by atoms with Crippen LogP contribution in [0.4, 0.5) is 9.59 Å². The van der Waals surface area contributed by atoms with Gasteiger partial charge in [0.05, 0.1) is 12.7 Å². The van der Waals surface area contributed by atoms with E-state index in [1.807, 2.05) is 29.5 Å². The molecule has 2 heterocycles. The van der Waals surface area contributed by atoms with Crippen LogP contribution in [-0.2, 0) is 9.47 Å². The number of imide groups is 1. The van der Waals surface area contributed by atoms with Gasteiger partial charge >= 0.3 is 12.1 Å². The van der Waals surface area contributed by atoms with E-state index in [1.54, 1.807) is 0 Å². The second kappa shape index (κ2) is 8.08. The Kier molecular flexibility index (Phi) is 6.54. The van der Waals surface area contributed by atoms with Gasteiger partial charge in [0.2, 0.25) is 6.23 Å². The first-order valence-corrected chi connectivity index (χ1v) is 9.18. The first-order valence-electron chi connectivity index (χ1n) is 8.10. The fourth-order valence-corrected chi connectivity index (χ4v) is 3.30. The van der Waals surface area contributed by atoms with Gasteiger partial charge < -0.3 is 25.4 Å². The zero-order chi connectivity index (χ0) is 18.8. The van der Waals surface area contributed by atoms with Gasteiger partial charge in [-0.1, -0.05) is 24.2 Å². The van der Waals surface area contributed by atoms with Crippen LogP contribution in [0.25, 0.3) is 0 Å². The first kappa shape index (κ1) is 20.2. The molecule has 0 saturated carbocycles. The number of urea groups is 1. The second-order valence-electron chi connectivity index (χ2n) is 6.07. The summed E-state index contributed by atoms with van der Waals surface area (Å²) >= 11 is 1.84. The Bertz CT molecular complexity index is 610. The molecule has 1 fully saturated rings. The summed E-state index contributed by atoms with van der Waals surface area (Å²) in [5, 5.41) is 20.3. The average molecular weight is 468 g/mol. The maximum atomic E-state index is 12.8. The molecule has 2 aliphatic heterocycles. The summed E-state index contributed by atoms with van der Waals surface area (Å²) in [6.07, 6.45) is -2.02. The van der Waals surface area contributed by atoms with Crippen LogP contribution in [0.15, 0.2) is 14.8 Å². The Morgan fingerprint density at radius 2 is 2.12 bits per heavy atom. The van der Waals surface area contributed by atoms with Crippen LogP contribution in [-0.4, -0.2) is 63.8 Å². The van der Waals surface area contributed by atoms with E-state index in [0.29, 0.717) is 10.0 Å². The lowest BCUT2D eigenvalue weighted by Gasteiger charge is -2.34. The minimum Gasteiger partial charge on any atom is -0.419 e. The highest BCUT2D eigenvalue weighted by atomic mass is 127. The molecule has 1 unspecified atom stereocenters. The quantitative estimate of drug-likeness (QED) is 0.316. The molecule has 0 aromatic rings. The molecule has 0 aromatic heterocycles. The maximum absolute atomic E-state index is 12.8. The highest BCUT2D eigenvalue weighted by Gasteiger charge is 2.63. The number of amides is 3. The molecule has 0 radical (unpaired) electrons. The molecular formula is C15H23IN3O6+. The summed E-state index contributed by atoms with van der Waals surface area (Å²) in [7, 11) is 0. The molecule has 0 bridgehead atoms. The Balaban J connectivity index is 2.36. The van der Waals surface area contributed by atoms with Crippen molar-refractivity contribution in [1.29, 1.82) is 0 Å². The number of carbonyl (C=O) groups excluding carboxylic acids is 2. The van der Waals surface area contributed by atoms with Gasteiger partial charge in [0.1, 0.15) is 15.9 Å². The number of aliphatic hydroxyl groups is 2. The van der Waals surface area contributed by atoms with Crippen LogP contribution in [0.2, 0.25) is 0 Å². The van der Waals surface area contributed by atoms with Crippen molar-refractivity contribution in [1.82, 2.24) is 0 Å². The minimum absolute atomic E-state index is 0.0285. The number of nitrogens with zero attached hydrogens (tertiary/aromatic N) is 2. The van der Waals surface area contributed by atoms with Crippen LogP contribution < -0.4 is 5.73 Å². The van der Waals surface area contributed by atoms with E-state index in [4.69, 9.17) is 15.2 Å². The lowest BCUT2D eigenvalue weighted by atomic mass is 10.1. The first-order chi connectivity index (χ1) is 11.8. The van der Waals surface area contributed by atoms with Gasteiger partial charge in [-0.3, -0.25) is 0 Å². The molecule has 25 heavy (non-hydrogen) atoms. The van der Waals surface area contributed by atoms with E-state index < -0.39 is 41.1 Å². The van der Waals surface area contributed by atoms with Crippen LogP contribution in [0.5, 0.6) is 0 Å². The number of halogens is 1. The predicted molar refractivity (Wildman–Crippen MR) is 96.6 cm³/mol. The fourth-order valence-electron chi connectivity index (χ4n) is 2.74. The number of quaternary nitrogens is 1. The molecule has 140 valence electrons. The number of carbonyl (C=O) groups is 2. The van der Waals surface area contributed by atoms with Crippen molar-refractivity contribution in [2.75, 3.05) is 6.61 Å². The molecule has 2 aliphatic rings. The summed E-state index contributed by atoms with van der Waals surface area (Å²) in [4.78, 5) is 29.1. The molecule has 2 rings (SSSR count). The smallest absolute Gasteiger partial charge is 0.419 e. The maximum Gasteiger partial charge on any atom is 0.532 e. The monoisotopic (exact) mass is 468 g/mol. The van der Waals surface area contributed by atoms with Crippen LogP contribution >= 0.6 is 22.6 Å². The topological polar surface area (TPSA) is 131 Å². The summed E-state index contributed by atoms with van der Waals surface area (Å²) in [5.74, 6) is -0.0285. The third-order valence-electron chi connectivity index (χ3n) is 4.25. The third-order valence-corrected chi connectivity index (χ3v) is 5.08. The predicted octanol–water partition coefficient (Wildman–Crippen LogP) is 1.36. The third kappa shape index (κ3) is 3.72. The highest BCUT2D eigenvalue weighted by Crippen LogP contribution is 2.35. The molecule has 0 aromatic carbocycles. The number of hydrogen-bond acceptors (Lipinski definition) is 7. The van der Waals surface area contributed by atoms with E-state index >= 15 is 0 Å². The Hall–Kier alpha value is -1.08. The lowest BCUT2D eigenvalue weighted by Crippen LogP contribution is -2.63. The van der Waals surface area contributed by atoms with Crippen molar-refractivity contribution in [3.05, 3.63) is 9.78 Å². The van der Waals surface area contributed by atoms with E-state index in [2.05, 4.69) is 4.99 Å². The Morgan fingerprint density at radius 3 is 2.68 bits per heavy atom. The number of aliphatic hydroxyl groups excluding tert-OH is 2. The normalized spacial score (nSPS) is 35.3. The molecular weight excluding hydrogens is 445 g/mol. The minimum atomic E-state index is -1.46. The average Bonchev–Trinajstić information content (AvgIpc) is 2.82. The van der Waals surface area contributed by atoms with Crippen LogP contribution in [0.1, 0.15) is 33.1 Å². The molecule has 5 atom stereocenters. The van der Waals surface area contributed by atoms with Crippen molar-refractivity contribution < 1.29 is 33.8 Å². The summed E-state index contributed by atoms with van der Waals surface area (Å²) in [6.45, 7) is 3.68. The molecule has 3 amide bonds. The zero-order valence-electron chi connectivity index (χ0n) is 14.1. The van der Waals surface area contributed by atoms with Crippen LogP contribution in [0, 0.1) is 0 Å². The van der Waals surface area contributed by atoms with Gasteiger partial charge in [-0.15, -0.1) is 4.99 Å². The second-order valence-corrected chi connectivity index (χ2v) is 7.23. The van der Waals surface area contributed by atoms with Crippen molar-refractivity contribution in [2.45, 2.75) is 57.6 Å². The van der Waals surface area contributed by atoms with Crippen molar-refractivity contribution in [2.24, 2.45) is 10.7 Å². The number of hydrogen-bond donors (Lipinski definition) is 3. The molecule has 9 nitrogen and oxygen atoms in total. The number of nitrogens with two attached hydrogens (primary N) is 1. The van der Waals surface area contributed by atoms with Gasteiger partial charge in [0, 0.05) is 0 Å². The van der Waals surface area contributed by atoms with Gasteiger partial charge in [0.25, 0.3) is 0 Å². The summed E-state index contributed by atoms with van der Waals surface area (Å²) in [6, 6.07) is -0.927. The van der Waals surface area contributed by atoms with E-state index in [1.165, 1.54) is 13.1 Å². The van der Waals surface area contributed by atoms with E-state index in [0.717, 1.165) is 12.8 Å². The number of unbranched alkanes of at least 4 members (excludes halogenated alkanes) is 2. The summed E-state index contributed by atoms with van der Waals surface area (Å²) in [5.41, 5.74) is 5.66. The number of ether oxygens (including phenoxy) is 2. The number of amidine groups is 1. The highest BCUT2D eigenvalue weighted by molar-refractivity contribution is 14.1. The largest absolute Gasteiger partial charge is 0.532 e. The molecule has 0 spiro atoms. The lowest BCUT2D eigenvalue weighted by molar-refractivity contribution is -0.785. The van der Waals surface area contributed by atoms with Gasteiger partial charge in [-0.05, 0) is 35.9 Å². The molecule has 0 aliphatic carbocycles. The van der Waals surface area contributed by atoms with E-state index in [9.17, 15) is 19.8 Å². The number of aliphatic imine (C=N–C) groups is 1. The van der Waals surface area contributed by atoms with Crippen LogP contribution in [0.3, 0.4) is 0 Å². The van der Waals surface area contributed by atoms with Crippen molar-refractivity contribution >= 4 is 40.6 Å². The van der Waals surface area contributed by atoms with Gasteiger partial charge in [0.15, 0.2) is 11.9 Å². The Morgan fingerprint density at radius 1 is 1.44 bits per heavy atom. The summed E-state index contributed by atoms with van der Waals surface area (Å²) < 4.78 is 10.0. The van der Waals surface area contributed by atoms with E-state index in [-0.39, 0.29) is 12.4 Å². The fraction of sp³-hybridized carbons (Fsp3) is 0.667. The SMILES string of the molecule is CCCCCOC(=O)[N+]1([C@@H]2O[C@H](C)[C@@H](O)[C@H]2O)C=C(I)C(N)=NC1=O. The molecule has 1 saturated heterocycles. The van der Waals surface area contributed by atoms with Crippen molar-refractivity contribution in [3.8, 4) is 0 Å². The standard InChI is InChI=1S/C15H22IN3O6/c1-3-4-5-6-24-15(23)19(7-9(16)12(17)18-14(19)22)13-11(21)10(20)8(2)25-13/h7-8,10-11,13,20-21H,3-6H2,1-2H3,(H-,17,18,22)/p+1/t8-,10-,11-,13-,19?/m1/s1. The molecule has 10 heteroatoms.